The zero-order valence-corrected chi connectivity index (χ0v) is 8.82. The lowest BCUT2D eigenvalue weighted by atomic mass is 10.0. The molecule has 0 saturated heterocycles. The van der Waals surface area contributed by atoms with Crippen molar-refractivity contribution in [3.63, 3.8) is 0 Å². The molecule has 1 atom stereocenters. The summed E-state index contributed by atoms with van der Waals surface area (Å²) in [6, 6.07) is 10.1. The van der Waals surface area contributed by atoms with Crippen LogP contribution < -0.4 is 0 Å². The third kappa shape index (κ3) is 2.34. The molecule has 0 aliphatic heterocycles. The van der Waals surface area contributed by atoms with Crippen molar-refractivity contribution in [2.45, 2.75) is 25.9 Å². The second-order valence-corrected chi connectivity index (χ2v) is 3.57. The summed E-state index contributed by atoms with van der Waals surface area (Å²) in [7, 11) is 1.55. The molecule has 2 heteroatoms. The van der Waals surface area contributed by atoms with E-state index in [0.717, 1.165) is 5.56 Å². The fourth-order valence-corrected chi connectivity index (χ4v) is 1.32. The number of ether oxygens (including phenoxy) is 1. The molecule has 0 aliphatic rings. The number of hydrogen-bond acceptors (Lipinski definition) is 2. The monoisotopic (exact) mass is 189 g/mol. The van der Waals surface area contributed by atoms with Gasteiger partial charge in [-0.05, 0) is 17.0 Å². The Balaban J connectivity index is 2.88. The minimum absolute atomic E-state index is 0.448. The average molecular weight is 189 g/mol. The number of hydrogen-bond donors (Lipinski definition) is 0. The van der Waals surface area contributed by atoms with Gasteiger partial charge in [-0.15, -0.1) is 0 Å². The first-order valence-electron chi connectivity index (χ1n) is 4.71. The second kappa shape index (κ2) is 4.78. The van der Waals surface area contributed by atoms with E-state index >= 15 is 0 Å². The van der Waals surface area contributed by atoms with Gasteiger partial charge in [0.05, 0.1) is 6.07 Å². The van der Waals surface area contributed by atoms with Crippen molar-refractivity contribution in [3.8, 4) is 6.07 Å². The zero-order valence-electron chi connectivity index (χ0n) is 8.82. The Kier molecular flexibility index (Phi) is 3.67. The maximum Gasteiger partial charge on any atom is 0.168 e. The second-order valence-electron chi connectivity index (χ2n) is 3.57. The minimum atomic E-state index is -0.448. The van der Waals surface area contributed by atoms with Gasteiger partial charge in [0.15, 0.2) is 6.10 Å². The minimum Gasteiger partial charge on any atom is -0.362 e. The van der Waals surface area contributed by atoms with Crippen LogP contribution in [0.2, 0.25) is 0 Å². The van der Waals surface area contributed by atoms with Crippen LogP contribution in [0.4, 0.5) is 0 Å². The maximum atomic E-state index is 8.78. The van der Waals surface area contributed by atoms with Gasteiger partial charge in [0.25, 0.3) is 0 Å². The van der Waals surface area contributed by atoms with Gasteiger partial charge in [0, 0.05) is 7.11 Å². The molecule has 0 spiro atoms. The first-order chi connectivity index (χ1) is 6.69. The Morgan fingerprint density at radius 3 is 2.00 bits per heavy atom. The van der Waals surface area contributed by atoms with Crippen molar-refractivity contribution < 1.29 is 4.74 Å². The molecule has 1 rings (SSSR count). The van der Waals surface area contributed by atoms with Crippen LogP contribution in [0, 0.1) is 11.3 Å². The molecule has 2 nitrogen and oxygen atoms in total. The van der Waals surface area contributed by atoms with Crippen LogP contribution >= 0.6 is 0 Å². The number of nitriles is 1. The van der Waals surface area contributed by atoms with E-state index in [1.54, 1.807) is 7.11 Å². The molecule has 0 aromatic heterocycles. The Labute approximate surface area is 85.1 Å². The molecule has 1 aromatic rings. The zero-order chi connectivity index (χ0) is 10.6. The molecule has 1 aromatic carbocycles. The van der Waals surface area contributed by atoms with Gasteiger partial charge in [-0.2, -0.15) is 5.26 Å². The predicted octanol–water partition coefficient (Wildman–Crippen LogP) is 3.02. The molecule has 0 amide bonds. The summed E-state index contributed by atoms with van der Waals surface area (Å²) in [5.74, 6) is 0.520. The van der Waals surface area contributed by atoms with E-state index in [4.69, 9.17) is 10.00 Å². The van der Waals surface area contributed by atoms with Crippen LogP contribution in [-0.4, -0.2) is 7.11 Å². The van der Waals surface area contributed by atoms with Gasteiger partial charge in [0.2, 0.25) is 0 Å². The van der Waals surface area contributed by atoms with Gasteiger partial charge >= 0.3 is 0 Å². The SMILES string of the molecule is COC(C#N)c1ccc(C(C)C)cc1. The lowest BCUT2D eigenvalue weighted by Gasteiger charge is -2.09. The highest BCUT2D eigenvalue weighted by Gasteiger charge is 2.08. The van der Waals surface area contributed by atoms with Crippen molar-refractivity contribution in [1.29, 1.82) is 5.26 Å². The van der Waals surface area contributed by atoms with E-state index in [2.05, 4.69) is 19.9 Å². The van der Waals surface area contributed by atoms with Crippen LogP contribution in [0.3, 0.4) is 0 Å². The Hall–Kier alpha value is -1.33. The summed E-state index contributed by atoms with van der Waals surface area (Å²) in [4.78, 5) is 0. The van der Waals surface area contributed by atoms with Crippen LogP contribution in [0.25, 0.3) is 0 Å². The summed E-state index contributed by atoms with van der Waals surface area (Å²) in [5.41, 5.74) is 2.20. The van der Waals surface area contributed by atoms with Crippen molar-refractivity contribution >= 4 is 0 Å². The third-order valence-corrected chi connectivity index (χ3v) is 2.26. The number of rotatable bonds is 3. The van der Waals surface area contributed by atoms with Crippen LogP contribution in [0.15, 0.2) is 24.3 Å². The topological polar surface area (TPSA) is 33.0 Å². The van der Waals surface area contributed by atoms with Crippen LogP contribution in [0.5, 0.6) is 0 Å². The van der Waals surface area contributed by atoms with Crippen molar-refractivity contribution in [2.75, 3.05) is 7.11 Å². The number of nitrogens with zero attached hydrogens (tertiary/aromatic N) is 1. The molecule has 0 fully saturated rings. The maximum absolute atomic E-state index is 8.78. The first kappa shape index (κ1) is 10.7. The molecule has 0 aliphatic carbocycles. The Bertz CT molecular complexity index is 321. The largest absolute Gasteiger partial charge is 0.362 e. The summed E-state index contributed by atoms with van der Waals surface area (Å²) in [6.07, 6.45) is -0.448. The smallest absolute Gasteiger partial charge is 0.168 e. The Morgan fingerprint density at radius 2 is 1.64 bits per heavy atom. The van der Waals surface area contributed by atoms with Crippen molar-refractivity contribution in [2.24, 2.45) is 0 Å². The van der Waals surface area contributed by atoms with E-state index in [1.807, 2.05) is 24.3 Å². The summed E-state index contributed by atoms with van der Waals surface area (Å²) in [6.45, 7) is 4.29. The molecule has 1 unspecified atom stereocenters. The lowest BCUT2D eigenvalue weighted by molar-refractivity contribution is 0.148. The molecular weight excluding hydrogens is 174 g/mol. The molecule has 0 radical (unpaired) electrons. The number of benzene rings is 1. The molecule has 0 saturated carbocycles. The molecule has 0 N–H and O–H groups in total. The first-order valence-corrected chi connectivity index (χ1v) is 4.71. The van der Waals surface area contributed by atoms with Gasteiger partial charge in [-0.3, -0.25) is 0 Å². The molecule has 74 valence electrons. The number of methoxy groups -OCH3 is 1. The summed E-state index contributed by atoms with van der Waals surface area (Å²) >= 11 is 0. The summed E-state index contributed by atoms with van der Waals surface area (Å²) < 4.78 is 5.02. The standard InChI is InChI=1S/C12H15NO/c1-9(2)10-4-6-11(7-5-10)12(8-13)14-3/h4-7,9,12H,1-3H3. The van der Waals surface area contributed by atoms with E-state index in [9.17, 15) is 0 Å². The molecule has 14 heavy (non-hydrogen) atoms. The third-order valence-electron chi connectivity index (χ3n) is 2.26. The van der Waals surface area contributed by atoms with Gasteiger partial charge in [-0.1, -0.05) is 38.1 Å². The van der Waals surface area contributed by atoms with Crippen molar-refractivity contribution in [3.05, 3.63) is 35.4 Å². The fraction of sp³-hybridized carbons (Fsp3) is 0.417. The Morgan fingerprint density at radius 1 is 1.14 bits per heavy atom. The van der Waals surface area contributed by atoms with Crippen LogP contribution in [-0.2, 0) is 4.74 Å². The van der Waals surface area contributed by atoms with E-state index < -0.39 is 6.10 Å². The highest BCUT2D eigenvalue weighted by atomic mass is 16.5. The molecule has 0 bridgehead atoms. The van der Waals surface area contributed by atoms with Gasteiger partial charge < -0.3 is 4.74 Å². The van der Waals surface area contributed by atoms with Crippen molar-refractivity contribution in [1.82, 2.24) is 0 Å². The highest BCUT2D eigenvalue weighted by molar-refractivity contribution is 5.28. The normalized spacial score (nSPS) is 12.5. The highest BCUT2D eigenvalue weighted by Crippen LogP contribution is 2.19. The van der Waals surface area contributed by atoms with E-state index in [0.29, 0.717) is 5.92 Å². The summed E-state index contributed by atoms with van der Waals surface area (Å²) in [5, 5.41) is 8.78. The molecule has 0 heterocycles. The van der Waals surface area contributed by atoms with Gasteiger partial charge in [-0.25, -0.2) is 0 Å². The quantitative estimate of drug-likeness (QED) is 0.732. The average Bonchev–Trinajstić information content (AvgIpc) is 2.20. The molecular formula is C12H15NO. The van der Waals surface area contributed by atoms with E-state index in [1.165, 1.54) is 5.56 Å². The lowest BCUT2D eigenvalue weighted by Crippen LogP contribution is -1.98. The van der Waals surface area contributed by atoms with Gasteiger partial charge in [0.1, 0.15) is 0 Å². The fourth-order valence-electron chi connectivity index (χ4n) is 1.32. The van der Waals surface area contributed by atoms with E-state index in [-0.39, 0.29) is 0 Å². The predicted molar refractivity (Wildman–Crippen MR) is 55.9 cm³/mol. The van der Waals surface area contributed by atoms with Crippen LogP contribution in [0.1, 0.15) is 37.0 Å².